The Labute approximate surface area is 187 Å². The highest BCUT2D eigenvalue weighted by molar-refractivity contribution is 5.94. The van der Waals surface area contributed by atoms with E-state index >= 15 is 0 Å². The van der Waals surface area contributed by atoms with Crippen LogP contribution in [0.2, 0.25) is 0 Å². The number of rotatable bonds is 8. The highest BCUT2D eigenvalue weighted by Crippen LogP contribution is 2.29. The van der Waals surface area contributed by atoms with Gasteiger partial charge < -0.3 is 24.4 Å². The molecule has 0 spiro atoms. The van der Waals surface area contributed by atoms with Crippen molar-refractivity contribution in [3.05, 3.63) is 83.6 Å². The van der Waals surface area contributed by atoms with Crippen LogP contribution < -0.4 is 19.7 Å². The fraction of sp³-hybridized carbons (Fsp3) is 0.280. The molecule has 1 aliphatic rings. The molecule has 1 fully saturated rings. The summed E-state index contributed by atoms with van der Waals surface area (Å²) < 4.78 is 16.7. The van der Waals surface area contributed by atoms with Gasteiger partial charge in [0.15, 0.2) is 11.5 Å². The van der Waals surface area contributed by atoms with Gasteiger partial charge in [-0.05, 0) is 35.4 Å². The number of morpholine rings is 1. The number of nitrogens with one attached hydrogen (secondary N) is 1. The van der Waals surface area contributed by atoms with Crippen LogP contribution in [0.4, 0.5) is 5.82 Å². The van der Waals surface area contributed by atoms with Crippen molar-refractivity contribution in [2.45, 2.75) is 13.2 Å². The second-order valence-electron chi connectivity index (χ2n) is 7.45. The molecule has 0 atom stereocenters. The van der Waals surface area contributed by atoms with Crippen molar-refractivity contribution in [3.63, 3.8) is 0 Å². The van der Waals surface area contributed by atoms with Gasteiger partial charge in [0.2, 0.25) is 0 Å². The second kappa shape index (κ2) is 10.6. The van der Waals surface area contributed by atoms with Crippen molar-refractivity contribution in [1.82, 2.24) is 10.3 Å². The van der Waals surface area contributed by atoms with Crippen LogP contribution in [-0.4, -0.2) is 44.3 Å². The minimum Gasteiger partial charge on any atom is -0.493 e. The van der Waals surface area contributed by atoms with Gasteiger partial charge in [-0.1, -0.05) is 36.4 Å². The van der Waals surface area contributed by atoms with Crippen LogP contribution in [0.25, 0.3) is 0 Å². The van der Waals surface area contributed by atoms with Gasteiger partial charge in [-0.3, -0.25) is 4.79 Å². The Kier molecular flexibility index (Phi) is 7.19. The monoisotopic (exact) mass is 433 g/mol. The third-order valence-electron chi connectivity index (χ3n) is 5.26. The van der Waals surface area contributed by atoms with E-state index in [1.165, 1.54) is 0 Å². The lowest BCUT2D eigenvalue weighted by molar-refractivity contribution is 0.0950. The first-order chi connectivity index (χ1) is 15.7. The van der Waals surface area contributed by atoms with E-state index in [0.717, 1.165) is 30.0 Å². The van der Waals surface area contributed by atoms with E-state index in [1.807, 2.05) is 54.6 Å². The van der Waals surface area contributed by atoms with Crippen molar-refractivity contribution >= 4 is 11.7 Å². The summed E-state index contributed by atoms with van der Waals surface area (Å²) in [5, 5.41) is 2.93. The van der Waals surface area contributed by atoms with Gasteiger partial charge in [0.1, 0.15) is 12.4 Å². The fourth-order valence-corrected chi connectivity index (χ4v) is 3.46. The van der Waals surface area contributed by atoms with Crippen LogP contribution in [0, 0.1) is 0 Å². The van der Waals surface area contributed by atoms with E-state index in [4.69, 9.17) is 14.2 Å². The number of anilines is 1. The van der Waals surface area contributed by atoms with Gasteiger partial charge in [-0.2, -0.15) is 0 Å². The lowest BCUT2D eigenvalue weighted by atomic mass is 10.2. The largest absolute Gasteiger partial charge is 0.493 e. The first-order valence-electron chi connectivity index (χ1n) is 10.6. The lowest BCUT2D eigenvalue weighted by Crippen LogP contribution is -2.36. The van der Waals surface area contributed by atoms with Gasteiger partial charge in [-0.15, -0.1) is 0 Å². The molecule has 0 radical (unpaired) electrons. The van der Waals surface area contributed by atoms with Crippen LogP contribution in [0.15, 0.2) is 66.9 Å². The molecule has 3 aromatic rings. The zero-order valence-corrected chi connectivity index (χ0v) is 18.1. The topological polar surface area (TPSA) is 72.9 Å². The molecule has 4 rings (SSSR count). The molecule has 2 heterocycles. The van der Waals surface area contributed by atoms with Crippen molar-refractivity contribution in [2.24, 2.45) is 0 Å². The van der Waals surface area contributed by atoms with Crippen molar-refractivity contribution < 1.29 is 19.0 Å². The number of hydrogen-bond acceptors (Lipinski definition) is 6. The number of nitrogens with zero attached hydrogens (tertiary/aromatic N) is 2. The molecule has 0 unspecified atom stereocenters. The number of pyridine rings is 1. The molecule has 1 amide bonds. The first-order valence-corrected chi connectivity index (χ1v) is 10.6. The van der Waals surface area contributed by atoms with E-state index in [0.29, 0.717) is 43.4 Å². The van der Waals surface area contributed by atoms with E-state index in [-0.39, 0.29) is 5.91 Å². The number of hydrogen-bond donors (Lipinski definition) is 1. The Morgan fingerprint density at radius 1 is 1.03 bits per heavy atom. The third kappa shape index (κ3) is 5.56. The molecule has 1 saturated heterocycles. The fourth-order valence-electron chi connectivity index (χ4n) is 3.46. The van der Waals surface area contributed by atoms with Gasteiger partial charge in [0, 0.05) is 25.8 Å². The molecule has 7 heteroatoms. The Bertz CT molecular complexity index is 1020. The van der Waals surface area contributed by atoms with Crippen molar-refractivity contribution in [1.29, 1.82) is 0 Å². The summed E-state index contributed by atoms with van der Waals surface area (Å²) in [6.07, 6.45) is 1.61. The summed E-state index contributed by atoms with van der Waals surface area (Å²) in [6, 6.07) is 19.3. The van der Waals surface area contributed by atoms with Crippen molar-refractivity contribution in [3.8, 4) is 11.5 Å². The number of benzene rings is 2. The van der Waals surface area contributed by atoms with Crippen LogP contribution in [0.1, 0.15) is 21.5 Å². The van der Waals surface area contributed by atoms with Gasteiger partial charge in [0.25, 0.3) is 5.91 Å². The molecular weight excluding hydrogens is 406 g/mol. The van der Waals surface area contributed by atoms with E-state index in [1.54, 1.807) is 19.4 Å². The number of ether oxygens (including phenoxy) is 3. The Morgan fingerprint density at radius 2 is 1.84 bits per heavy atom. The van der Waals surface area contributed by atoms with Crippen LogP contribution >= 0.6 is 0 Å². The quantitative estimate of drug-likeness (QED) is 0.587. The molecule has 1 aliphatic heterocycles. The maximum absolute atomic E-state index is 12.5. The molecule has 7 nitrogen and oxygen atoms in total. The lowest BCUT2D eigenvalue weighted by Gasteiger charge is -2.27. The maximum Gasteiger partial charge on any atom is 0.253 e. The zero-order chi connectivity index (χ0) is 22.2. The summed E-state index contributed by atoms with van der Waals surface area (Å²) in [4.78, 5) is 19.1. The standard InChI is InChI=1S/C25H27N3O4/c1-30-23-15-20(7-9-22(23)32-18-19-5-3-2-4-6-19)16-27-25(29)21-8-10-24(26-17-21)28-11-13-31-14-12-28/h2-10,15,17H,11-14,16,18H2,1H3,(H,27,29). The molecule has 0 bridgehead atoms. The molecular formula is C25H27N3O4. The number of carbonyl (C=O) groups excluding carboxylic acids is 1. The second-order valence-corrected chi connectivity index (χ2v) is 7.45. The molecule has 32 heavy (non-hydrogen) atoms. The van der Waals surface area contributed by atoms with E-state index in [2.05, 4.69) is 15.2 Å². The Balaban J connectivity index is 1.33. The van der Waals surface area contributed by atoms with Crippen LogP contribution in [0.3, 0.4) is 0 Å². The minimum absolute atomic E-state index is 0.172. The first kappa shape index (κ1) is 21.6. The number of amides is 1. The SMILES string of the molecule is COc1cc(CNC(=O)c2ccc(N3CCOCC3)nc2)ccc1OCc1ccccc1. The van der Waals surface area contributed by atoms with E-state index in [9.17, 15) is 4.79 Å². The van der Waals surface area contributed by atoms with Crippen molar-refractivity contribution in [2.75, 3.05) is 38.3 Å². The number of methoxy groups -OCH3 is 1. The third-order valence-corrected chi connectivity index (χ3v) is 5.26. The maximum atomic E-state index is 12.5. The summed E-state index contributed by atoms with van der Waals surface area (Å²) in [5.41, 5.74) is 2.52. The van der Waals surface area contributed by atoms with Crippen LogP contribution in [0.5, 0.6) is 11.5 Å². The average molecular weight is 434 g/mol. The summed E-state index contributed by atoms with van der Waals surface area (Å²) in [6.45, 7) is 3.85. The summed E-state index contributed by atoms with van der Waals surface area (Å²) >= 11 is 0. The predicted octanol–water partition coefficient (Wildman–Crippen LogP) is 3.44. The smallest absolute Gasteiger partial charge is 0.253 e. The average Bonchev–Trinajstić information content (AvgIpc) is 2.87. The van der Waals surface area contributed by atoms with E-state index < -0.39 is 0 Å². The Morgan fingerprint density at radius 3 is 2.56 bits per heavy atom. The minimum atomic E-state index is -0.172. The molecule has 0 aliphatic carbocycles. The molecule has 0 saturated carbocycles. The van der Waals surface area contributed by atoms with Crippen LogP contribution in [-0.2, 0) is 17.9 Å². The normalized spacial score (nSPS) is 13.5. The molecule has 166 valence electrons. The summed E-state index contributed by atoms with van der Waals surface area (Å²) in [5.74, 6) is 1.98. The zero-order valence-electron chi connectivity index (χ0n) is 18.1. The molecule has 2 aromatic carbocycles. The van der Waals surface area contributed by atoms with Gasteiger partial charge in [0.05, 0.1) is 25.9 Å². The summed E-state index contributed by atoms with van der Waals surface area (Å²) in [7, 11) is 1.61. The highest BCUT2D eigenvalue weighted by atomic mass is 16.5. The molecule has 1 N–H and O–H groups in total. The van der Waals surface area contributed by atoms with Gasteiger partial charge >= 0.3 is 0 Å². The number of carbonyl (C=O) groups is 1. The highest BCUT2D eigenvalue weighted by Gasteiger charge is 2.14. The predicted molar refractivity (Wildman–Crippen MR) is 122 cm³/mol. The number of aromatic nitrogens is 1. The Hall–Kier alpha value is -3.58. The molecule has 1 aromatic heterocycles. The van der Waals surface area contributed by atoms with Gasteiger partial charge in [-0.25, -0.2) is 4.98 Å².